The van der Waals surface area contributed by atoms with Gasteiger partial charge in [0, 0.05) is 16.7 Å². The van der Waals surface area contributed by atoms with Crippen LogP contribution in [0.25, 0.3) is 0 Å². The second-order valence-electron chi connectivity index (χ2n) is 6.24. The molecule has 0 spiro atoms. The highest BCUT2D eigenvalue weighted by atomic mass is 19.3. The highest BCUT2D eigenvalue weighted by Gasteiger charge is 2.46. The predicted molar refractivity (Wildman–Crippen MR) is 96.6 cm³/mol. The fourth-order valence-electron chi connectivity index (χ4n) is 2.26. The van der Waals surface area contributed by atoms with E-state index < -0.39 is 29.9 Å². The summed E-state index contributed by atoms with van der Waals surface area (Å²) in [5.41, 5.74) is -0.656. The molecule has 152 valence electrons. The number of carbonyl (C=O) groups excluding carboxylic acids is 2. The third kappa shape index (κ3) is 5.57. The summed E-state index contributed by atoms with van der Waals surface area (Å²) in [5.74, 6) is 2.92. The molecular weight excluding hydrogens is 389 g/mol. The summed E-state index contributed by atoms with van der Waals surface area (Å²) in [7, 11) is 0. The van der Waals surface area contributed by atoms with Gasteiger partial charge in [-0.1, -0.05) is 11.8 Å². The molecule has 1 unspecified atom stereocenters. The first-order chi connectivity index (χ1) is 13.6. The molecule has 0 radical (unpaired) electrons. The normalized spacial score (nSPS) is 13.6. The first-order valence-electron chi connectivity index (χ1n) is 8.28. The van der Waals surface area contributed by atoms with E-state index in [1.807, 2.05) is 5.32 Å². The molecule has 2 aromatic rings. The quantitative estimate of drug-likeness (QED) is 0.346. The number of hydrogen-bond acceptors (Lipinski definition) is 4. The van der Waals surface area contributed by atoms with E-state index in [9.17, 15) is 27.9 Å². The summed E-state index contributed by atoms with van der Waals surface area (Å²) in [6.45, 7) is 0.659. The summed E-state index contributed by atoms with van der Waals surface area (Å²) in [6.07, 6.45) is -3.37. The fourth-order valence-corrected chi connectivity index (χ4v) is 2.26. The minimum atomic E-state index is -3.37. The van der Waals surface area contributed by atoms with Gasteiger partial charge < -0.3 is 10.4 Å². The van der Waals surface area contributed by atoms with Crippen LogP contribution in [0.3, 0.4) is 0 Å². The van der Waals surface area contributed by atoms with Crippen LogP contribution in [0.1, 0.15) is 28.4 Å². The van der Waals surface area contributed by atoms with Gasteiger partial charge in [-0.05, 0) is 55.5 Å². The van der Waals surface area contributed by atoms with E-state index >= 15 is 0 Å². The smallest absolute Gasteiger partial charge is 0.269 e. The van der Waals surface area contributed by atoms with E-state index in [2.05, 4.69) is 11.8 Å². The standard InChI is InChI=1S/C20H17F3N2O4/c1-20(28,19(22)23)16(18(27)25-29)24-17(26)14-8-4-12(5-9-14)2-3-13-6-10-15(21)11-7-13/h4-11,16,19,28-29H,1H3,(H,24,26)(H,25,27)/t16-,20?/m1/s1. The van der Waals surface area contributed by atoms with Crippen LogP contribution in [0, 0.1) is 17.7 Å². The topological polar surface area (TPSA) is 98.7 Å². The van der Waals surface area contributed by atoms with Gasteiger partial charge in [0.15, 0.2) is 5.60 Å². The Kier molecular flexibility index (Phi) is 6.98. The minimum Gasteiger partial charge on any atom is -0.381 e. The molecule has 0 aliphatic rings. The number of nitrogens with one attached hydrogen (secondary N) is 2. The second kappa shape index (κ2) is 9.23. The molecule has 9 heteroatoms. The van der Waals surface area contributed by atoms with Gasteiger partial charge in [-0.25, -0.2) is 18.7 Å². The van der Waals surface area contributed by atoms with Gasteiger partial charge in [0.1, 0.15) is 11.9 Å². The molecule has 2 aromatic carbocycles. The lowest BCUT2D eigenvalue weighted by atomic mass is 9.95. The van der Waals surface area contributed by atoms with Crippen molar-refractivity contribution in [3.05, 3.63) is 71.0 Å². The van der Waals surface area contributed by atoms with Crippen molar-refractivity contribution >= 4 is 11.8 Å². The Morgan fingerprint density at radius 3 is 1.93 bits per heavy atom. The molecule has 0 saturated carbocycles. The number of alkyl halides is 2. The van der Waals surface area contributed by atoms with E-state index in [1.54, 1.807) is 0 Å². The molecule has 0 heterocycles. The Balaban J connectivity index is 2.15. The number of aliphatic hydroxyl groups is 1. The zero-order valence-corrected chi connectivity index (χ0v) is 15.1. The van der Waals surface area contributed by atoms with Gasteiger partial charge in [0.25, 0.3) is 18.2 Å². The zero-order valence-electron chi connectivity index (χ0n) is 15.1. The third-order valence-electron chi connectivity index (χ3n) is 4.02. The Morgan fingerprint density at radius 1 is 1.00 bits per heavy atom. The Labute approximate surface area is 164 Å². The first kappa shape index (κ1) is 21.9. The van der Waals surface area contributed by atoms with Gasteiger partial charge >= 0.3 is 0 Å². The highest BCUT2D eigenvalue weighted by Crippen LogP contribution is 2.20. The van der Waals surface area contributed by atoms with Crippen LogP contribution in [0.15, 0.2) is 48.5 Å². The van der Waals surface area contributed by atoms with Crippen LogP contribution in [0.4, 0.5) is 13.2 Å². The molecular formula is C20H17F3N2O4. The lowest BCUT2D eigenvalue weighted by molar-refractivity contribution is -0.149. The predicted octanol–water partition coefficient (Wildman–Crippen LogP) is 1.85. The molecule has 0 bridgehead atoms. The minimum absolute atomic E-state index is 0.0122. The van der Waals surface area contributed by atoms with Crippen molar-refractivity contribution in [2.75, 3.05) is 0 Å². The first-order valence-corrected chi connectivity index (χ1v) is 8.28. The van der Waals surface area contributed by atoms with E-state index in [-0.39, 0.29) is 11.4 Å². The third-order valence-corrected chi connectivity index (χ3v) is 4.02. The van der Waals surface area contributed by atoms with Gasteiger partial charge in [0.05, 0.1) is 0 Å². The number of rotatable bonds is 5. The SMILES string of the molecule is CC(O)(C(F)F)[C@H](NC(=O)c1ccc(C#Cc2ccc(F)cc2)cc1)C(=O)NO. The van der Waals surface area contributed by atoms with Crippen LogP contribution >= 0.6 is 0 Å². The number of carbonyl (C=O) groups is 2. The van der Waals surface area contributed by atoms with Crippen LogP contribution in [-0.4, -0.2) is 40.2 Å². The Morgan fingerprint density at radius 2 is 1.48 bits per heavy atom. The molecule has 2 amide bonds. The average Bonchev–Trinajstić information content (AvgIpc) is 2.71. The van der Waals surface area contributed by atoms with Crippen LogP contribution in [0.2, 0.25) is 0 Å². The molecule has 6 nitrogen and oxygen atoms in total. The molecule has 4 N–H and O–H groups in total. The molecule has 0 saturated heterocycles. The number of halogens is 3. The maximum absolute atomic E-state index is 13.0. The number of benzene rings is 2. The van der Waals surface area contributed by atoms with Crippen LogP contribution in [-0.2, 0) is 4.79 Å². The average molecular weight is 406 g/mol. The second-order valence-corrected chi connectivity index (χ2v) is 6.24. The van der Waals surface area contributed by atoms with E-state index in [1.165, 1.54) is 48.5 Å². The maximum atomic E-state index is 13.0. The lowest BCUT2D eigenvalue weighted by Gasteiger charge is -2.30. The van der Waals surface area contributed by atoms with Crippen molar-refractivity contribution in [1.29, 1.82) is 0 Å². The maximum Gasteiger partial charge on any atom is 0.269 e. The van der Waals surface area contributed by atoms with Gasteiger partial charge in [-0.2, -0.15) is 0 Å². The zero-order chi connectivity index (χ0) is 21.6. The molecule has 0 aliphatic heterocycles. The summed E-state index contributed by atoms with van der Waals surface area (Å²) in [6, 6.07) is 9.10. The van der Waals surface area contributed by atoms with Gasteiger partial charge in [-0.15, -0.1) is 0 Å². The molecule has 2 atom stereocenters. The van der Waals surface area contributed by atoms with Crippen LogP contribution in [0.5, 0.6) is 0 Å². The highest BCUT2D eigenvalue weighted by molar-refractivity contribution is 5.97. The summed E-state index contributed by atoms with van der Waals surface area (Å²) in [4.78, 5) is 23.9. The summed E-state index contributed by atoms with van der Waals surface area (Å²) in [5, 5.41) is 20.5. The van der Waals surface area contributed by atoms with Crippen LogP contribution < -0.4 is 10.8 Å². The number of hydroxylamine groups is 1. The molecule has 0 aliphatic carbocycles. The summed E-state index contributed by atoms with van der Waals surface area (Å²) >= 11 is 0. The Hall–Kier alpha value is -3.35. The molecule has 0 aromatic heterocycles. The van der Waals surface area contributed by atoms with Crippen molar-refractivity contribution in [1.82, 2.24) is 10.8 Å². The van der Waals surface area contributed by atoms with Crippen molar-refractivity contribution in [2.45, 2.75) is 25.0 Å². The number of amides is 2. The van der Waals surface area contributed by atoms with Gasteiger partial charge in [-0.3, -0.25) is 14.8 Å². The molecule has 29 heavy (non-hydrogen) atoms. The monoisotopic (exact) mass is 406 g/mol. The number of hydrogen-bond donors (Lipinski definition) is 4. The van der Waals surface area contributed by atoms with E-state index in [0.29, 0.717) is 18.1 Å². The van der Waals surface area contributed by atoms with Crippen molar-refractivity contribution < 1.29 is 33.1 Å². The molecule has 0 fully saturated rings. The van der Waals surface area contributed by atoms with Crippen molar-refractivity contribution in [3.63, 3.8) is 0 Å². The van der Waals surface area contributed by atoms with Crippen molar-refractivity contribution in [3.8, 4) is 11.8 Å². The van der Waals surface area contributed by atoms with Gasteiger partial charge in [0.2, 0.25) is 0 Å². The molecule has 2 rings (SSSR count). The van der Waals surface area contributed by atoms with Crippen molar-refractivity contribution in [2.24, 2.45) is 0 Å². The van der Waals surface area contributed by atoms with E-state index in [0.717, 1.165) is 5.48 Å². The fraction of sp³-hybridized carbons (Fsp3) is 0.200. The Bertz CT molecular complexity index is 933. The largest absolute Gasteiger partial charge is 0.381 e. The summed E-state index contributed by atoms with van der Waals surface area (Å²) < 4.78 is 38.9. The van der Waals surface area contributed by atoms with E-state index in [4.69, 9.17) is 5.21 Å². The lowest BCUT2D eigenvalue weighted by Crippen LogP contribution is -2.61.